The molecule has 0 spiro atoms. The van der Waals surface area contributed by atoms with E-state index in [1.165, 1.54) is 6.07 Å². The highest BCUT2D eigenvalue weighted by Crippen LogP contribution is 2.34. The lowest BCUT2D eigenvalue weighted by Gasteiger charge is -2.37. The average Bonchev–Trinajstić information content (AvgIpc) is 3.53. The standard InChI is InChI=1S/C33H28FN5O4/c34-27-20-25(13-14-26(27)23-6-2-1-3-7-23)30-37-29(38-43-30)24-11-9-22(10-12-24)21-39-18-15-33(16-19-39,32(41)42)31(40)36-28-8-4-5-17-35-28/h1-14,17,20H,15-16,18-19,21H2,(H,41,42)(H,35,36,40). The minimum Gasteiger partial charge on any atom is -0.480 e. The number of rotatable bonds is 8. The molecule has 1 aliphatic rings. The quantitative estimate of drug-likeness (QED) is 0.218. The first-order chi connectivity index (χ1) is 20.9. The van der Waals surface area contributed by atoms with E-state index >= 15 is 0 Å². The summed E-state index contributed by atoms with van der Waals surface area (Å²) in [6.07, 6.45) is 1.93. The first-order valence-electron chi connectivity index (χ1n) is 13.9. The van der Waals surface area contributed by atoms with Gasteiger partial charge in [0.1, 0.15) is 17.1 Å². The number of pyridine rings is 1. The molecule has 0 aliphatic carbocycles. The molecule has 43 heavy (non-hydrogen) atoms. The lowest BCUT2D eigenvalue weighted by Crippen LogP contribution is -2.51. The summed E-state index contributed by atoms with van der Waals surface area (Å²) in [4.78, 5) is 35.8. The summed E-state index contributed by atoms with van der Waals surface area (Å²) in [5.41, 5.74) is 2.04. The molecular weight excluding hydrogens is 549 g/mol. The summed E-state index contributed by atoms with van der Waals surface area (Å²) in [5.74, 6) is -1.11. The van der Waals surface area contributed by atoms with E-state index in [0.717, 1.165) is 16.7 Å². The summed E-state index contributed by atoms with van der Waals surface area (Å²) in [7, 11) is 0. The molecule has 10 heteroatoms. The van der Waals surface area contributed by atoms with Gasteiger partial charge in [-0.15, -0.1) is 0 Å². The number of hydrogen-bond donors (Lipinski definition) is 2. The molecule has 0 unspecified atom stereocenters. The number of anilines is 1. The smallest absolute Gasteiger partial charge is 0.319 e. The fraction of sp³-hybridized carbons (Fsp3) is 0.182. The molecule has 216 valence electrons. The summed E-state index contributed by atoms with van der Waals surface area (Å²) in [5, 5.41) is 16.7. The lowest BCUT2D eigenvalue weighted by molar-refractivity contribution is -0.157. The van der Waals surface area contributed by atoms with E-state index in [9.17, 15) is 19.1 Å². The van der Waals surface area contributed by atoms with Crippen LogP contribution in [0, 0.1) is 11.2 Å². The van der Waals surface area contributed by atoms with Gasteiger partial charge in [0, 0.05) is 42.5 Å². The Morgan fingerprint density at radius 3 is 2.30 bits per heavy atom. The number of carboxylic acids is 1. The van der Waals surface area contributed by atoms with Crippen LogP contribution in [0.5, 0.6) is 0 Å². The average molecular weight is 578 g/mol. The van der Waals surface area contributed by atoms with Gasteiger partial charge in [0.2, 0.25) is 11.7 Å². The predicted octanol–water partition coefficient (Wildman–Crippen LogP) is 5.91. The van der Waals surface area contributed by atoms with Crippen molar-refractivity contribution in [2.45, 2.75) is 19.4 Å². The zero-order chi connectivity index (χ0) is 29.8. The number of carbonyl (C=O) groups excluding carboxylic acids is 1. The van der Waals surface area contributed by atoms with E-state index in [2.05, 4.69) is 25.3 Å². The number of aromatic nitrogens is 3. The van der Waals surface area contributed by atoms with E-state index in [1.54, 1.807) is 36.5 Å². The van der Waals surface area contributed by atoms with Gasteiger partial charge in [0.05, 0.1) is 0 Å². The Balaban J connectivity index is 1.08. The minimum atomic E-state index is -1.50. The topological polar surface area (TPSA) is 121 Å². The van der Waals surface area contributed by atoms with E-state index in [1.807, 2.05) is 54.6 Å². The van der Waals surface area contributed by atoms with Crippen molar-refractivity contribution in [3.63, 3.8) is 0 Å². The van der Waals surface area contributed by atoms with E-state index in [-0.39, 0.29) is 24.5 Å². The van der Waals surface area contributed by atoms with Gasteiger partial charge in [-0.3, -0.25) is 14.5 Å². The fourth-order valence-corrected chi connectivity index (χ4v) is 5.28. The maximum absolute atomic E-state index is 14.9. The van der Waals surface area contributed by atoms with Gasteiger partial charge in [0.15, 0.2) is 0 Å². The maximum atomic E-state index is 14.9. The molecule has 9 nitrogen and oxygen atoms in total. The van der Waals surface area contributed by atoms with Gasteiger partial charge in [-0.25, -0.2) is 9.37 Å². The second-order valence-electron chi connectivity index (χ2n) is 10.5. The molecule has 5 aromatic rings. The SMILES string of the molecule is O=C(O)C1(C(=O)Nc2ccccn2)CCN(Cc2ccc(-c3noc(-c4ccc(-c5ccccc5)c(F)c4)n3)cc2)CC1. The molecule has 1 saturated heterocycles. The Hall–Kier alpha value is -5.22. The van der Waals surface area contributed by atoms with Crippen molar-refractivity contribution in [1.29, 1.82) is 0 Å². The zero-order valence-electron chi connectivity index (χ0n) is 23.1. The van der Waals surface area contributed by atoms with Crippen LogP contribution < -0.4 is 5.32 Å². The van der Waals surface area contributed by atoms with Crippen LogP contribution in [0.15, 0.2) is 102 Å². The van der Waals surface area contributed by atoms with Crippen molar-refractivity contribution < 1.29 is 23.6 Å². The molecule has 2 aromatic heterocycles. The van der Waals surface area contributed by atoms with Gasteiger partial charge in [0.25, 0.3) is 5.89 Å². The molecule has 0 bridgehead atoms. The summed E-state index contributed by atoms with van der Waals surface area (Å²) in [6.45, 7) is 1.51. The molecule has 3 aromatic carbocycles. The molecule has 1 amide bonds. The summed E-state index contributed by atoms with van der Waals surface area (Å²) < 4.78 is 20.3. The van der Waals surface area contributed by atoms with Gasteiger partial charge in [-0.05, 0) is 48.2 Å². The van der Waals surface area contributed by atoms with Crippen molar-refractivity contribution in [2.24, 2.45) is 5.41 Å². The Bertz CT molecular complexity index is 1730. The van der Waals surface area contributed by atoms with Crippen LogP contribution in [0.4, 0.5) is 10.2 Å². The van der Waals surface area contributed by atoms with Crippen LogP contribution in [0.1, 0.15) is 18.4 Å². The summed E-state index contributed by atoms with van der Waals surface area (Å²) >= 11 is 0. The minimum absolute atomic E-state index is 0.192. The third-order valence-corrected chi connectivity index (χ3v) is 7.81. The molecule has 0 radical (unpaired) electrons. The van der Waals surface area contributed by atoms with E-state index in [0.29, 0.717) is 42.4 Å². The number of piperidine rings is 1. The Morgan fingerprint density at radius 2 is 1.63 bits per heavy atom. The summed E-state index contributed by atoms with van der Waals surface area (Å²) in [6, 6.07) is 26.9. The Labute approximate surface area is 247 Å². The third kappa shape index (κ3) is 5.91. The highest BCUT2D eigenvalue weighted by molar-refractivity contribution is 6.08. The number of nitrogens with one attached hydrogen (secondary N) is 1. The van der Waals surface area contributed by atoms with Crippen LogP contribution in [-0.4, -0.2) is 50.1 Å². The van der Waals surface area contributed by atoms with Crippen molar-refractivity contribution in [3.8, 4) is 34.0 Å². The zero-order valence-corrected chi connectivity index (χ0v) is 23.1. The number of amides is 1. The molecule has 1 aliphatic heterocycles. The van der Waals surface area contributed by atoms with Crippen LogP contribution in [0.25, 0.3) is 34.0 Å². The van der Waals surface area contributed by atoms with E-state index in [4.69, 9.17) is 4.52 Å². The second kappa shape index (κ2) is 11.9. The monoisotopic (exact) mass is 577 g/mol. The van der Waals surface area contributed by atoms with Crippen LogP contribution in [0.2, 0.25) is 0 Å². The maximum Gasteiger partial charge on any atom is 0.319 e. The highest BCUT2D eigenvalue weighted by atomic mass is 19.1. The van der Waals surface area contributed by atoms with Crippen molar-refractivity contribution in [3.05, 3.63) is 109 Å². The Morgan fingerprint density at radius 1 is 0.907 bits per heavy atom. The van der Waals surface area contributed by atoms with Crippen LogP contribution in [0.3, 0.4) is 0 Å². The number of carbonyl (C=O) groups is 2. The molecule has 6 rings (SSSR count). The van der Waals surface area contributed by atoms with Crippen molar-refractivity contribution in [2.75, 3.05) is 18.4 Å². The van der Waals surface area contributed by atoms with Crippen LogP contribution in [-0.2, 0) is 16.1 Å². The fourth-order valence-electron chi connectivity index (χ4n) is 5.28. The first kappa shape index (κ1) is 27.9. The van der Waals surface area contributed by atoms with Crippen molar-refractivity contribution in [1.82, 2.24) is 20.0 Å². The second-order valence-corrected chi connectivity index (χ2v) is 10.5. The highest BCUT2D eigenvalue weighted by Gasteiger charge is 2.48. The van der Waals surface area contributed by atoms with Crippen molar-refractivity contribution >= 4 is 17.7 Å². The van der Waals surface area contributed by atoms with Crippen LogP contribution >= 0.6 is 0 Å². The number of nitrogens with zero attached hydrogens (tertiary/aromatic N) is 4. The number of likely N-dealkylation sites (tertiary alicyclic amines) is 1. The number of aliphatic carboxylic acids is 1. The predicted molar refractivity (Wildman–Crippen MR) is 158 cm³/mol. The first-order valence-corrected chi connectivity index (χ1v) is 13.9. The number of benzene rings is 3. The molecule has 0 saturated carbocycles. The Kier molecular flexibility index (Phi) is 7.76. The van der Waals surface area contributed by atoms with Gasteiger partial charge >= 0.3 is 5.97 Å². The number of halogens is 1. The molecular formula is C33H28FN5O4. The lowest BCUT2D eigenvalue weighted by atomic mass is 9.77. The molecule has 0 atom stereocenters. The van der Waals surface area contributed by atoms with Gasteiger partial charge in [-0.2, -0.15) is 4.98 Å². The van der Waals surface area contributed by atoms with Gasteiger partial charge in [-0.1, -0.05) is 71.9 Å². The molecule has 1 fully saturated rings. The largest absolute Gasteiger partial charge is 0.480 e. The molecule has 2 N–H and O–H groups in total. The third-order valence-electron chi connectivity index (χ3n) is 7.81. The normalized spacial score (nSPS) is 14.7. The van der Waals surface area contributed by atoms with Gasteiger partial charge < -0.3 is 14.9 Å². The van der Waals surface area contributed by atoms with E-state index < -0.39 is 17.3 Å². The number of hydrogen-bond acceptors (Lipinski definition) is 7. The number of carboxylic acid groups (broad SMARTS) is 1. The molecule has 3 heterocycles.